The van der Waals surface area contributed by atoms with Gasteiger partial charge in [-0.1, -0.05) is 19.9 Å². The Morgan fingerprint density at radius 3 is 2.68 bits per heavy atom. The predicted octanol–water partition coefficient (Wildman–Crippen LogP) is 2.58. The summed E-state index contributed by atoms with van der Waals surface area (Å²) in [5.41, 5.74) is -0.677. The molecule has 2 N–H and O–H groups in total. The van der Waals surface area contributed by atoms with Crippen LogP contribution in [0.25, 0.3) is 0 Å². The van der Waals surface area contributed by atoms with Gasteiger partial charge in [0.15, 0.2) is 11.4 Å². The molecule has 1 aromatic heterocycles. The first-order chi connectivity index (χ1) is 14.6. The van der Waals surface area contributed by atoms with E-state index in [4.69, 9.17) is 0 Å². The Morgan fingerprint density at radius 1 is 1.29 bits per heavy atom. The van der Waals surface area contributed by atoms with E-state index in [0.717, 1.165) is 6.08 Å². The third kappa shape index (κ3) is 3.26. The molecule has 4 atom stereocenters. The molecule has 166 valence electrons. The van der Waals surface area contributed by atoms with E-state index in [2.05, 4.69) is 5.32 Å². The zero-order valence-electron chi connectivity index (χ0n) is 17.6. The predicted molar refractivity (Wildman–Crippen MR) is 110 cm³/mol. The molecule has 0 saturated carbocycles. The average molecular weight is 433 g/mol. The lowest BCUT2D eigenvalue weighted by molar-refractivity contribution is 0.0675. The van der Waals surface area contributed by atoms with Crippen LogP contribution in [0.3, 0.4) is 0 Å². The summed E-state index contributed by atoms with van der Waals surface area (Å²) in [5, 5.41) is 13.1. The molecule has 0 fully saturated rings. The Hall–Kier alpha value is -2.97. The zero-order chi connectivity index (χ0) is 22.6. The second kappa shape index (κ2) is 7.62. The number of carbonyl (C=O) groups excluding carboxylic acids is 2. The number of amides is 2. The third-order valence-electron chi connectivity index (χ3n) is 6.43. The highest BCUT2D eigenvalue weighted by Gasteiger charge is 2.43. The summed E-state index contributed by atoms with van der Waals surface area (Å²) in [6, 6.07) is -0.139. The van der Waals surface area contributed by atoms with Gasteiger partial charge in [0, 0.05) is 36.8 Å². The number of hydrogen-bond acceptors (Lipinski definition) is 4. The smallest absolute Gasteiger partial charge is 0.274 e. The van der Waals surface area contributed by atoms with Crippen LogP contribution in [0.1, 0.15) is 65.7 Å². The van der Waals surface area contributed by atoms with Gasteiger partial charge in [-0.2, -0.15) is 0 Å². The Labute approximate surface area is 178 Å². The Kier molecular flexibility index (Phi) is 5.23. The lowest BCUT2D eigenvalue weighted by Gasteiger charge is -2.34. The van der Waals surface area contributed by atoms with Gasteiger partial charge in [0.1, 0.15) is 17.6 Å². The summed E-state index contributed by atoms with van der Waals surface area (Å²) >= 11 is 0. The van der Waals surface area contributed by atoms with Gasteiger partial charge >= 0.3 is 0 Å². The van der Waals surface area contributed by atoms with Gasteiger partial charge in [0.25, 0.3) is 11.8 Å². The summed E-state index contributed by atoms with van der Waals surface area (Å²) in [5.74, 6) is -3.40. The van der Waals surface area contributed by atoms with Crippen LogP contribution < -0.4 is 10.7 Å². The number of aromatic nitrogens is 1. The summed E-state index contributed by atoms with van der Waals surface area (Å²) in [4.78, 5) is 40.3. The summed E-state index contributed by atoms with van der Waals surface area (Å²) in [6.07, 6.45) is 1.47. The molecule has 9 heteroatoms. The number of pyridine rings is 1. The van der Waals surface area contributed by atoms with E-state index < -0.39 is 40.9 Å². The van der Waals surface area contributed by atoms with Crippen molar-refractivity contribution in [2.24, 2.45) is 5.92 Å². The lowest BCUT2D eigenvalue weighted by Crippen LogP contribution is -2.44. The van der Waals surface area contributed by atoms with Crippen LogP contribution in [0.2, 0.25) is 0 Å². The van der Waals surface area contributed by atoms with E-state index in [9.17, 15) is 28.3 Å². The maximum Gasteiger partial charge on any atom is 0.274 e. The zero-order valence-corrected chi connectivity index (χ0v) is 17.6. The number of rotatable bonds is 4. The van der Waals surface area contributed by atoms with E-state index in [1.54, 1.807) is 16.4 Å². The van der Waals surface area contributed by atoms with Crippen molar-refractivity contribution in [3.05, 3.63) is 50.7 Å². The van der Waals surface area contributed by atoms with Gasteiger partial charge in [0.2, 0.25) is 5.43 Å². The highest BCUT2D eigenvalue weighted by Crippen LogP contribution is 2.42. The van der Waals surface area contributed by atoms with Crippen LogP contribution in [0.5, 0.6) is 5.75 Å². The standard InChI is InChI=1S/C22H25F2N3O4/c1-4-26-9-13-6-11(3)17-16(19(28)20(29)18(22(26)31)27(13)17)21(30)25-8-12-5-10(2)14(23)7-15(12)24/h5,7,10-11,13-14,29H,4,6,8-9H2,1-3H3,(H,25,30). The van der Waals surface area contributed by atoms with E-state index >= 15 is 0 Å². The molecular weight excluding hydrogens is 408 g/mol. The molecule has 31 heavy (non-hydrogen) atoms. The van der Waals surface area contributed by atoms with Gasteiger partial charge in [-0.25, -0.2) is 8.78 Å². The van der Waals surface area contributed by atoms with Gasteiger partial charge < -0.3 is 19.9 Å². The van der Waals surface area contributed by atoms with Crippen LogP contribution in [0, 0.1) is 5.92 Å². The van der Waals surface area contributed by atoms with Crippen LogP contribution in [-0.2, 0) is 0 Å². The normalized spacial score (nSPS) is 27.0. The van der Waals surface area contributed by atoms with Gasteiger partial charge in [-0.15, -0.1) is 0 Å². The summed E-state index contributed by atoms with van der Waals surface area (Å²) in [7, 11) is 0. The van der Waals surface area contributed by atoms with Crippen molar-refractivity contribution in [1.29, 1.82) is 0 Å². The molecule has 3 aliphatic rings. The molecule has 0 radical (unpaired) electrons. The monoisotopic (exact) mass is 433 g/mol. The summed E-state index contributed by atoms with van der Waals surface area (Å²) < 4.78 is 29.3. The molecule has 0 spiro atoms. The number of nitrogens with one attached hydrogen (secondary N) is 1. The van der Waals surface area contributed by atoms with E-state index in [1.807, 2.05) is 13.8 Å². The molecule has 2 amide bonds. The first kappa shape index (κ1) is 21.3. The highest BCUT2D eigenvalue weighted by molar-refractivity contribution is 6.00. The molecule has 1 aromatic rings. The first-order valence-corrected chi connectivity index (χ1v) is 10.5. The van der Waals surface area contributed by atoms with Gasteiger partial charge in [0.05, 0.1) is 6.04 Å². The number of carbonyl (C=O) groups is 2. The molecule has 0 bridgehead atoms. The molecule has 0 saturated heterocycles. The van der Waals surface area contributed by atoms with Crippen LogP contribution in [0.15, 0.2) is 28.3 Å². The Balaban J connectivity index is 1.71. The van der Waals surface area contributed by atoms with Crippen molar-refractivity contribution in [3.8, 4) is 5.75 Å². The first-order valence-electron chi connectivity index (χ1n) is 10.5. The van der Waals surface area contributed by atoms with Gasteiger partial charge in [-0.05, 0) is 25.3 Å². The minimum absolute atomic E-state index is 0.0780. The summed E-state index contributed by atoms with van der Waals surface area (Å²) in [6.45, 7) is 5.95. The van der Waals surface area contributed by atoms with Crippen LogP contribution in [0.4, 0.5) is 8.78 Å². The van der Waals surface area contributed by atoms with Crippen molar-refractivity contribution in [2.75, 3.05) is 19.6 Å². The average Bonchev–Trinajstić information content (AvgIpc) is 3.04. The minimum Gasteiger partial charge on any atom is -0.503 e. The van der Waals surface area contributed by atoms with Gasteiger partial charge in [-0.3, -0.25) is 14.4 Å². The lowest BCUT2D eigenvalue weighted by atomic mass is 9.95. The van der Waals surface area contributed by atoms with Crippen LogP contribution >= 0.6 is 0 Å². The third-order valence-corrected chi connectivity index (χ3v) is 6.43. The second-order valence-electron chi connectivity index (χ2n) is 8.48. The van der Waals surface area contributed by atoms with Crippen LogP contribution in [-0.4, -0.2) is 52.2 Å². The number of allylic oxidation sites excluding steroid dienone is 2. The molecule has 7 nitrogen and oxygen atoms in total. The highest BCUT2D eigenvalue weighted by atomic mass is 19.1. The molecule has 0 aromatic carbocycles. The molecular formula is C22H25F2N3O4. The molecule has 2 aliphatic heterocycles. The second-order valence-corrected chi connectivity index (χ2v) is 8.48. The van der Waals surface area contributed by atoms with E-state index in [0.29, 0.717) is 25.2 Å². The van der Waals surface area contributed by atoms with Crippen molar-refractivity contribution in [2.45, 2.75) is 45.3 Å². The maximum atomic E-state index is 14.1. The fourth-order valence-corrected chi connectivity index (χ4v) is 4.82. The van der Waals surface area contributed by atoms with E-state index in [-0.39, 0.29) is 35.3 Å². The maximum absolute atomic E-state index is 14.1. The fraction of sp³-hybridized carbons (Fsp3) is 0.500. The van der Waals surface area contributed by atoms with E-state index in [1.165, 1.54) is 6.08 Å². The quantitative estimate of drug-likeness (QED) is 0.764. The van der Waals surface area contributed by atoms with Crippen molar-refractivity contribution in [3.63, 3.8) is 0 Å². The van der Waals surface area contributed by atoms with Crippen molar-refractivity contribution >= 4 is 11.8 Å². The largest absolute Gasteiger partial charge is 0.503 e. The Morgan fingerprint density at radius 2 is 2.00 bits per heavy atom. The fourth-order valence-electron chi connectivity index (χ4n) is 4.82. The number of alkyl halides is 1. The molecule has 3 heterocycles. The van der Waals surface area contributed by atoms with Crippen molar-refractivity contribution in [1.82, 2.24) is 14.8 Å². The van der Waals surface area contributed by atoms with Crippen molar-refractivity contribution < 1.29 is 23.5 Å². The minimum atomic E-state index is -1.43. The molecule has 1 aliphatic carbocycles. The number of halogens is 2. The number of nitrogens with zero attached hydrogens (tertiary/aromatic N) is 2. The Bertz CT molecular complexity index is 1090. The number of aromatic hydroxyl groups is 1. The molecule has 4 unspecified atom stereocenters. The number of hydrogen-bond donors (Lipinski definition) is 2. The molecule has 4 rings (SSSR count). The number of likely N-dealkylation sites (N-methyl/N-ethyl adjacent to an activating group) is 1. The topological polar surface area (TPSA) is 91.6 Å². The SMILES string of the molecule is CCN1CC2CC(C)c3c(C(=O)NCC4=CC(C)C(F)C=C4F)c(=O)c(O)c(n32)C1=O.